The van der Waals surface area contributed by atoms with Crippen LogP contribution in [0.25, 0.3) is 22.4 Å². The van der Waals surface area contributed by atoms with E-state index in [2.05, 4.69) is 5.32 Å². The average Bonchev–Trinajstić information content (AvgIpc) is 3.00. The second kappa shape index (κ2) is 12.5. The third-order valence-corrected chi connectivity index (χ3v) is 7.18. The summed E-state index contributed by atoms with van der Waals surface area (Å²) in [6.45, 7) is 1.32. The second-order valence-corrected chi connectivity index (χ2v) is 9.88. The summed E-state index contributed by atoms with van der Waals surface area (Å²) in [5.74, 6) is 0.557. The van der Waals surface area contributed by atoms with Gasteiger partial charge in [0.25, 0.3) is 0 Å². The minimum absolute atomic E-state index is 0.0851. The molecule has 1 aromatic heterocycles. The van der Waals surface area contributed by atoms with Gasteiger partial charge in [0.05, 0.1) is 23.9 Å². The van der Waals surface area contributed by atoms with Crippen LogP contribution in [0.1, 0.15) is 24.0 Å². The first kappa shape index (κ1) is 28.2. The molecule has 3 N–H and O–H groups in total. The number of benzene rings is 3. The highest BCUT2D eigenvalue weighted by molar-refractivity contribution is 5.88. The molecule has 4 aromatic rings. The minimum Gasteiger partial charge on any atom is -0.504 e. The molecule has 0 atom stereocenters. The lowest BCUT2D eigenvalue weighted by molar-refractivity contribution is 0.187. The van der Waals surface area contributed by atoms with Gasteiger partial charge in [0.15, 0.2) is 11.5 Å². The molecule has 0 saturated carbocycles. The normalized spacial score (nSPS) is 13.3. The fraction of sp³-hybridized carbons (Fsp3) is 0.219. The van der Waals surface area contributed by atoms with Crippen LogP contribution in [0, 0.1) is 17.1 Å². The monoisotopic (exact) mass is 568 g/mol. The van der Waals surface area contributed by atoms with Crippen LogP contribution in [0.4, 0.5) is 15.0 Å². The van der Waals surface area contributed by atoms with Crippen LogP contribution < -0.4 is 19.7 Å². The number of phenols is 1. The molecule has 2 heterocycles. The summed E-state index contributed by atoms with van der Waals surface area (Å²) in [5, 5.41) is 31.6. The third kappa shape index (κ3) is 6.20. The van der Waals surface area contributed by atoms with Crippen LogP contribution in [0.15, 0.2) is 72.8 Å². The summed E-state index contributed by atoms with van der Waals surface area (Å²) in [6, 6.07) is 22.4. The van der Waals surface area contributed by atoms with Crippen molar-refractivity contribution in [3.05, 3.63) is 89.7 Å². The highest BCUT2D eigenvalue weighted by Crippen LogP contribution is 2.43. The molecule has 214 valence electrons. The number of nitrogens with one attached hydrogen (secondary N) is 1. The number of hydrogen-bond donors (Lipinski definition) is 3. The number of rotatable bonds is 8. The van der Waals surface area contributed by atoms with Crippen molar-refractivity contribution in [1.29, 1.82) is 5.26 Å². The quantitative estimate of drug-likeness (QED) is 0.238. The predicted octanol–water partition coefficient (Wildman–Crippen LogP) is 5.96. The predicted molar refractivity (Wildman–Crippen MR) is 155 cm³/mol. The molecule has 3 aromatic carbocycles. The fourth-order valence-corrected chi connectivity index (χ4v) is 5.03. The highest BCUT2D eigenvalue weighted by Gasteiger charge is 2.25. The van der Waals surface area contributed by atoms with E-state index in [1.807, 2.05) is 47.4 Å². The molecule has 0 spiro atoms. The number of nitriles is 1. The number of ether oxygens (including phenoxy) is 2. The number of halogens is 1. The van der Waals surface area contributed by atoms with Crippen molar-refractivity contribution in [2.45, 2.75) is 25.5 Å². The van der Waals surface area contributed by atoms with Crippen molar-refractivity contribution in [2.24, 2.45) is 0 Å². The number of piperidine rings is 1. The molecule has 1 aliphatic heterocycles. The Bertz CT molecular complexity index is 1630. The van der Waals surface area contributed by atoms with Crippen molar-refractivity contribution in [1.82, 2.24) is 10.3 Å². The smallest absolute Gasteiger partial charge is 0.404 e. The highest BCUT2D eigenvalue weighted by atomic mass is 19.1. The number of nitrogens with zero attached hydrogens (tertiary/aromatic N) is 3. The van der Waals surface area contributed by atoms with Gasteiger partial charge < -0.3 is 29.9 Å². The van der Waals surface area contributed by atoms with Crippen LogP contribution >= 0.6 is 0 Å². The van der Waals surface area contributed by atoms with Crippen molar-refractivity contribution >= 4 is 11.9 Å². The zero-order chi connectivity index (χ0) is 29.6. The Labute approximate surface area is 242 Å². The van der Waals surface area contributed by atoms with Crippen molar-refractivity contribution in [3.8, 4) is 45.7 Å². The summed E-state index contributed by atoms with van der Waals surface area (Å²) in [4.78, 5) is 18.1. The number of aromatic nitrogens is 1. The molecule has 0 bridgehead atoms. The first-order valence-corrected chi connectivity index (χ1v) is 13.4. The van der Waals surface area contributed by atoms with Crippen LogP contribution in [0.5, 0.6) is 17.2 Å². The number of hydrogen-bond acceptors (Lipinski definition) is 7. The molecule has 1 aliphatic rings. The van der Waals surface area contributed by atoms with Crippen LogP contribution in [0.3, 0.4) is 0 Å². The Morgan fingerprint density at radius 1 is 1.07 bits per heavy atom. The first-order valence-electron chi connectivity index (χ1n) is 13.4. The Hall–Kier alpha value is -5.30. The molecule has 10 heteroatoms. The zero-order valence-electron chi connectivity index (χ0n) is 22.9. The van der Waals surface area contributed by atoms with E-state index in [-0.39, 0.29) is 24.0 Å². The summed E-state index contributed by atoms with van der Waals surface area (Å²) in [6.07, 6.45) is 0.118. The zero-order valence-corrected chi connectivity index (χ0v) is 22.9. The molecule has 0 aliphatic carbocycles. The summed E-state index contributed by atoms with van der Waals surface area (Å²) in [7, 11) is 1.46. The van der Waals surface area contributed by atoms with Gasteiger partial charge in [0.2, 0.25) is 0 Å². The Kier molecular flexibility index (Phi) is 8.39. The van der Waals surface area contributed by atoms with Gasteiger partial charge >= 0.3 is 6.09 Å². The lowest BCUT2D eigenvalue weighted by Gasteiger charge is -2.33. The number of pyridine rings is 1. The summed E-state index contributed by atoms with van der Waals surface area (Å²) < 4.78 is 26.5. The maximum atomic E-state index is 14.9. The van der Waals surface area contributed by atoms with E-state index in [4.69, 9.17) is 19.6 Å². The van der Waals surface area contributed by atoms with Gasteiger partial charge in [-0.05, 0) is 48.2 Å². The third-order valence-electron chi connectivity index (χ3n) is 7.18. The molecule has 1 fully saturated rings. The molecular weight excluding hydrogens is 539 g/mol. The molecule has 0 radical (unpaired) electrons. The number of amides is 1. The van der Waals surface area contributed by atoms with Gasteiger partial charge in [0, 0.05) is 30.8 Å². The van der Waals surface area contributed by atoms with E-state index in [0.29, 0.717) is 65.6 Å². The Balaban J connectivity index is 1.66. The summed E-state index contributed by atoms with van der Waals surface area (Å²) >= 11 is 0. The van der Waals surface area contributed by atoms with E-state index in [1.54, 1.807) is 18.2 Å². The largest absolute Gasteiger partial charge is 0.504 e. The van der Waals surface area contributed by atoms with E-state index in [9.17, 15) is 19.6 Å². The molecule has 5 rings (SSSR count). The molecule has 42 heavy (non-hydrogen) atoms. The van der Waals surface area contributed by atoms with Crippen LogP contribution in [-0.2, 0) is 6.61 Å². The van der Waals surface area contributed by atoms with Crippen molar-refractivity contribution in [2.75, 3.05) is 25.1 Å². The molecular formula is C32H29FN4O5. The van der Waals surface area contributed by atoms with E-state index < -0.39 is 11.9 Å². The molecule has 1 amide bonds. The van der Waals surface area contributed by atoms with Gasteiger partial charge in [-0.25, -0.2) is 14.2 Å². The van der Waals surface area contributed by atoms with E-state index in [1.165, 1.54) is 25.3 Å². The van der Waals surface area contributed by atoms with E-state index in [0.717, 1.165) is 5.56 Å². The number of aromatic hydroxyl groups is 1. The number of carbonyl (C=O) groups is 1. The lowest BCUT2D eigenvalue weighted by atomic mass is 9.96. The van der Waals surface area contributed by atoms with Crippen molar-refractivity contribution < 1.29 is 28.9 Å². The first-order chi connectivity index (χ1) is 20.4. The Morgan fingerprint density at radius 3 is 2.45 bits per heavy atom. The minimum atomic E-state index is -1.06. The number of anilines is 1. The molecule has 0 unspecified atom stereocenters. The topological polar surface area (TPSA) is 128 Å². The molecule has 1 saturated heterocycles. The van der Waals surface area contributed by atoms with E-state index >= 15 is 0 Å². The van der Waals surface area contributed by atoms with Crippen LogP contribution in [0.2, 0.25) is 0 Å². The maximum Gasteiger partial charge on any atom is 0.404 e. The standard InChI is InChI=1S/C32H29FN4O5/c1-41-27-10-9-21(16-26(27)38)30-28(42-19-20-5-3-2-4-6-20)17-29(37-13-11-24(12-14-37)35-32(39)40)36-31(30)22-7-8-23(18-34)25(33)15-22/h2-10,15-17,24,35,38H,11-14,19H2,1H3,(H,39,40). The van der Waals surface area contributed by atoms with Gasteiger partial charge in [-0.3, -0.25) is 0 Å². The summed E-state index contributed by atoms with van der Waals surface area (Å²) in [5.41, 5.74) is 2.76. The lowest BCUT2D eigenvalue weighted by Crippen LogP contribution is -2.44. The number of carboxylic acid groups (broad SMARTS) is 1. The van der Waals surface area contributed by atoms with Gasteiger partial charge in [-0.1, -0.05) is 42.5 Å². The SMILES string of the molecule is COc1ccc(-c2c(OCc3ccccc3)cc(N3CCC(NC(=O)O)CC3)nc2-c2ccc(C#N)c(F)c2)cc1O. The van der Waals surface area contributed by atoms with Crippen molar-refractivity contribution in [3.63, 3.8) is 0 Å². The van der Waals surface area contributed by atoms with Gasteiger partial charge in [0.1, 0.15) is 30.1 Å². The average molecular weight is 569 g/mol. The second-order valence-electron chi connectivity index (χ2n) is 9.88. The van der Waals surface area contributed by atoms with Gasteiger partial charge in [-0.2, -0.15) is 5.26 Å². The Morgan fingerprint density at radius 2 is 1.81 bits per heavy atom. The fourth-order valence-electron chi connectivity index (χ4n) is 5.03. The van der Waals surface area contributed by atoms with Crippen LogP contribution in [-0.4, -0.2) is 47.5 Å². The van der Waals surface area contributed by atoms with Gasteiger partial charge in [-0.15, -0.1) is 0 Å². The number of methoxy groups -OCH3 is 1. The maximum absolute atomic E-state index is 14.9. The molecule has 9 nitrogen and oxygen atoms in total. The number of phenolic OH excluding ortho intramolecular Hbond substituents is 1.